The van der Waals surface area contributed by atoms with Crippen molar-refractivity contribution in [1.29, 1.82) is 0 Å². The molecule has 0 saturated heterocycles. The molecule has 0 spiro atoms. The fourth-order valence-electron chi connectivity index (χ4n) is 2.40. The Bertz CT molecular complexity index is 265. The summed E-state index contributed by atoms with van der Waals surface area (Å²) >= 11 is 0. The molecule has 1 aliphatic carbocycles. The first kappa shape index (κ1) is 16.4. The van der Waals surface area contributed by atoms with Crippen LogP contribution in [0, 0.1) is 11.8 Å². The predicted octanol–water partition coefficient (Wildman–Crippen LogP) is 1.60. The lowest BCUT2D eigenvalue weighted by molar-refractivity contribution is -0.122. The number of nitrogens with two attached hydrogens (primary N) is 1. The zero-order chi connectivity index (χ0) is 14.4. The Kier molecular flexibility index (Phi) is 6.80. The minimum Gasteiger partial charge on any atom is -0.353 e. The van der Waals surface area contributed by atoms with Gasteiger partial charge in [0.15, 0.2) is 0 Å². The first-order valence-electron chi connectivity index (χ1n) is 7.65. The number of hydrogen-bond acceptors (Lipinski definition) is 3. The summed E-state index contributed by atoms with van der Waals surface area (Å²) in [6, 6.07) is 0.609. The molecule has 1 atom stereocenters. The van der Waals surface area contributed by atoms with Gasteiger partial charge >= 0.3 is 0 Å². The predicted molar refractivity (Wildman–Crippen MR) is 79.9 cm³/mol. The van der Waals surface area contributed by atoms with Crippen molar-refractivity contribution in [3.8, 4) is 0 Å². The van der Waals surface area contributed by atoms with Gasteiger partial charge in [0.1, 0.15) is 0 Å². The maximum Gasteiger partial charge on any atom is 0.221 e. The standard InChI is InChI=1S/C15H31N3O/c1-11(2)9-18(10-12(3)4)14(8-16)7-15(19)17-13-5-6-13/h11-14H,5-10,16H2,1-4H3,(H,17,19). The molecule has 0 bridgehead atoms. The summed E-state index contributed by atoms with van der Waals surface area (Å²) in [5, 5.41) is 3.06. The van der Waals surface area contributed by atoms with Gasteiger partial charge < -0.3 is 11.1 Å². The van der Waals surface area contributed by atoms with Gasteiger partial charge in [0.05, 0.1) is 0 Å². The van der Waals surface area contributed by atoms with Crippen LogP contribution in [-0.2, 0) is 4.79 Å². The van der Waals surface area contributed by atoms with Gasteiger partial charge in [-0.15, -0.1) is 0 Å². The number of carbonyl (C=O) groups is 1. The lowest BCUT2D eigenvalue weighted by atomic mass is 10.1. The van der Waals surface area contributed by atoms with E-state index in [9.17, 15) is 4.79 Å². The Labute approximate surface area is 118 Å². The number of nitrogens with zero attached hydrogens (tertiary/aromatic N) is 1. The molecular weight excluding hydrogens is 238 g/mol. The molecule has 1 amide bonds. The third-order valence-corrected chi connectivity index (χ3v) is 3.35. The molecule has 1 fully saturated rings. The Morgan fingerprint density at radius 1 is 1.21 bits per heavy atom. The maximum atomic E-state index is 11.9. The SMILES string of the molecule is CC(C)CN(CC(C)C)C(CN)CC(=O)NC1CC1. The van der Waals surface area contributed by atoms with E-state index in [2.05, 4.69) is 37.9 Å². The Morgan fingerprint density at radius 2 is 1.74 bits per heavy atom. The average Bonchev–Trinajstić information content (AvgIpc) is 3.07. The van der Waals surface area contributed by atoms with E-state index in [1.165, 1.54) is 0 Å². The van der Waals surface area contributed by atoms with Crippen molar-refractivity contribution in [2.75, 3.05) is 19.6 Å². The van der Waals surface area contributed by atoms with Crippen LogP contribution in [0.4, 0.5) is 0 Å². The second-order valence-electron chi connectivity index (χ2n) is 6.68. The minimum atomic E-state index is 0.162. The molecule has 1 unspecified atom stereocenters. The molecule has 19 heavy (non-hydrogen) atoms. The fourth-order valence-corrected chi connectivity index (χ4v) is 2.40. The van der Waals surface area contributed by atoms with Gasteiger partial charge in [-0.05, 0) is 24.7 Å². The van der Waals surface area contributed by atoms with E-state index in [0.29, 0.717) is 30.8 Å². The lowest BCUT2D eigenvalue weighted by Gasteiger charge is -2.33. The Morgan fingerprint density at radius 3 is 2.11 bits per heavy atom. The highest BCUT2D eigenvalue weighted by molar-refractivity contribution is 5.77. The first-order chi connectivity index (χ1) is 8.92. The van der Waals surface area contributed by atoms with E-state index in [1.807, 2.05) is 0 Å². The van der Waals surface area contributed by atoms with Crippen LogP contribution in [0.1, 0.15) is 47.0 Å². The summed E-state index contributed by atoms with van der Waals surface area (Å²) in [4.78, 5) is 14.3. The smallest absolute Gasteiger partial charge is 0.221 e. The summed E-state index contributed by atoms with van der Waals surface area (Å²) in [5.41, 5.74) is 5.90. The van der Waals surface area contributed by atoms with E-state index in [0.717, 1.165) is 25.9 Å². The van der Waals surface area contributed by atoms with Crippen LogP contribution in [0.2, 0.25) is 0 Å². The molecule has 4 heteroatoms. The lowest BCUT2D eigenvalue weighted by Crippen LogP contribution is -2.47. The van der Waals surface area contributed by atoms with Crippen molar-refractivity contribution in [3.05, 3.63) is 0 Å². The second-order valence-corrected chi connectivity index (χ2v) is 6.68. The summed E-state index contributed by atoms with van der Waals surface area (Å²) in [5.74, 6) is 1.36. The summed E-state index contributed by atoms with van der Waals surface area (Å²) in [6.45, 7) is 11.4. The average molecular weight is 269 g/mol. The number of rotatable bonds is 9. The molecule has 1 aliphatic rings. The molecule has 0 aromatic rings. The normalized spacial score (nSPS) is 17.3. The molecule has 0 aliphatic heterocycles. The van der Waals surface area contributed by atoms with Crippen LogP contribution >= 0.6 is 0 Å². The molecule has 0 heterocycles. The minimum absolute atomic E-state index is 0.162. The summed E-state index contributed by atoms with van der Waals surface area (Å²) in [6.07, 6.45) is 2.81. The molecule has 0 aromatic heterocycles. The van der Waals surface area contributed by atoms with Crippen LogP contribution in [0.15, 0.2) is 0 Å². The number of nitrogens with one attached hydrogen (secondary N) is 1. The molecular formula is C15H31N3O. The Balaban J connectivity index is 2.51. The van der Waals surface area contributed by atoms with E-state index in [4.69, 9.17) is 5.73 Å². The fraction of sp³-hybridized carbons (Fsp3) is 0.933. The third kappa shape index (κ3) is 6.92. The van der Waals surface area contributed by atoms with Crippen molar-refractivity contribution in [1.82, 2.24) is 10.2 Å². The highest BCUT2D eigenvalue weighted by atomic mass is 16.1. The molecule has 4 nitrogen and oxygen atoms in total. The van der Waals surface area contributed by atoms with Crippen molar-refractivity contribution in [2.24, 2.45) is 17.6 Å². The molecule has 1 rings (SSSR count). The molecule has 112 valence electrons. The van der Waals surface area contributed by atoms with Gasteiger partial charge in [-0.25, -0.2) is 0 Å². The van der Waals surface area contributed by atoms with Crippen LogP contribution in [-0.4, -0.2) is 42.5 Å². The van der Waals surface area contributed by atoms with Gasteiger partial charge in [0.25, 0.3) is 0 Å². The number of amides is 1. The van der Waals surface area contributed by atoms with Crippen molar-refractivity contribution in [2.45, 2.75) is 59.0 Å². The maximum absolute atomic E-state index is 11.9. The molecule has 3 N–H and O–H groups in total. The van der Waals surface area contributed by atoms with Gasteiger partial charge in [-0.2, -0.15) is 0 Å². The van der Waals surface area contributed by atoms with Gasteiger partial charge in [-0.3, -0.25) is 9.69 Å². The van der Waals surface area contributed by atoms with Crippen LogP contribution in [0.5, 0.6) is 0 Å². The van der Waals surface area contributed by atoms with Crippen molar-refractivity contribution >= 4 is 5.91 Å². The zero-order valence-corrected chi connectivity index (χ0v) is 13.0. The highest BCUT2D eigenvalue weighted by Crippen LogP contribution is 2.19. The number of carbonyl (C=O) groups excluding carboxylic acids is 1. The molecule has 0 radical (unpaired) electrons. The topological polar surface area (TPSA) is 58.4 Å². The quantitative estimate of drug-likeness (QED) is 0.668. The van der Waals surface area contributed by atoms with Crippen LogP contribution in [0.25, 0.3) is 0 Å². The van der Waals surface area contributed by atoms with Gasteiger partial charge in [-0.1, -0.05) is 27.7 Å². The second kappa shape index (κ2) is 7.85. The third-order valence-electron chi connectivity index (χ3n) is 3.35. The van der Waals surface area contributed by atoms with E-state index in [-0.39, 0.29) is 11.9 Å². The largest absolute Gasteiger partial charge is 0.353 e. The van der Waals surface area contributed by atoms with E-state index >= 15 is 0 Å². The Hall–Kier alpha value is -0.610. The van der Waals surface area contributed by atoms with Crippen molar-refractivity contribution in [3.63, 3.8) is 0 Å². The van der Waals surface area contributed by atoms with Crippen LogP contribution < -0.4 is 11.1 Å². The zero-order valence-electron chi connectivity index (χ0n) is 13.0. The monoisotopic (exact) mass is 269 g/mol. The summed E-state index contributed by atoms with van der Waals surface area (Å²) in [7, 11) is 0. The number of hydrogen-bond donors (Lipinski definition) is 2. The first-order valence-corrected chi connectivity index (χ1v) is 7.65. The van der Waals surface area contributed by atoms with Crippen LogP contribution in [0.3, 0.4) is 0 Å². The van der Waals surface area contributed by atoms with E-state index < -0.39 is 0 Å². The summed E-state index contributed by atoms with van der Waals surface area (Å²) < 4.78 is 0. The van der Waals surface area contributed by atoms with E-state index in [1.54, 1.807) is 0 Å². The van der Waals surface area contributed by atoms with Crippen molar-refractivity contribution < 1.29 is 4.79 Å². The highest BCUT2D eigenvalue weighted by Gasteiger charge is 2.26. The molecule has 1 saturated carbocycles. The van der Waals surface area contributed by atoms with Gasteiger partial charge in [0.2, 0.25) is 5.91 Å². The van der Waals surface area contributed by atoms with Gasteiger partial charge in [0, 0.05) is 38.1 Å². The molecule has 0 aromatic carbocycles.